The van der Waals surface area contributed by atoms with Crippen molar-refractivity contribution in [3.8, 4) is 0 Å². The SMILES string of the molecule is Nc1nc(C(=O)Nc2cc(N3CCN(C(=O)O)C(CC4CNC4)C3)ccc2Cl)co1. The molecule has 30 heavy (non-hydrogen) atoms. The fourth-order valence-electron chi connectivity index (χ4n) is 3.83. The molecule has 3 heterocycles. The van der Waals surface area contributed by atoms with Crippen molar-refractivity contribution in [2.45, 2.75) is 12.5 Å². The number of carboxylic acid groups (broad SMARTS) is 1. The molecule has 5 N–H and O–H groups in total. The minimum Gasteiger partial charge on any atom is -0.465 e. The molecule has 2 aliphatic rings. The molecule has 0 aliphatic carbocycles. The highest BCUT2D eigenvalue weighted by atomic mass is 35.5. The number of carbonyl (C=O) groups excluding carboxylic acids is 1. The van der Waals surface area contributed by atoms with Gasteiger partial charge >= 0.3 is 6.09 Å². The topological polar surface area (TPSA) is 137 Å². The smallest absolute Gasteiger partial charge is 0.407 e. The second kappa shape index (κ2) is 8.41. The van der Waals surface area contributed by atoms with Crippen molar-refractivity contribution in [1.82, 2.24) is 15.2 Å². The molecule has 10 nitrogen and oxygen atoms in total. The van der Waals surface area contributed by atoms with E-state index in [1.54, 1.807) is 12.1 Å². The highest BCUT2D eigenvalue weighted by molar-refractivity contribution is 6.34. The number of aromatic nitrogens is 1. The van der Waals surface area contributed by atoms with Crippen molar-refractivity contribution in [3.05, 3.63) is 35.2 Å². The Morgan fingerprint density at radius 1 is 1.37 bits per heavy atom. The zero-order chi connectivity index (χ0) is 21.3. The molecule has 1 unspecified atom stereocenters. The van der Waals surface area contributed by atoms with Crippen LogP contribution >= 0.6 is 11.6 Å². The maximum Gasteiger partial charge on any atom is 0.407 e. The van der Waals surface area contributed by atoms with Gasteiger partial charge in [-0.3, -0.25) is 4.79 Å². The van der Waals surface area contributed by atoms with Crippen molar-refractivity contribution in [2.24, 2.45) is 5.92 Å². The summed E-state index contributed by atoms with van der Waals surface area (Å²) >= 11 is 6.27. The van der Waals surface area contributed by atoms with Gasteiger partial charge in [-0.1, -0.05) is 11.6 Å². The van der Waals surface area contributed by atoms with Crippen LogP contribution in [0.5, 0.6) is 0 Å². The first-order valence-electron chi connectivity index (χ1n) is 9.68. The number of amides is 2. The number of oxazole rings is 1. The summed E-state index contributed by atoms with van der Waals surface area (Å²) in [6, 6.07) is 5.17. The summed E-state index contributed by atoms with van der Waals surface area (Å²) in [5.41, 5.74) is 6.76. The van der Waals surface area contributed by atoms with Crippen LogP contribution in [-0.4, -0.2) is 65.8 Å². The average Bonchev–Trinajstić information content (AvgIpc) is 3.12. The summed E-state index contributed by atoms with van der Waals surface area (Å²) < 4.78 is 4.87. The second-order valence-corrected chi connectivity index (χ2v) is 7.93. The first-order chi connectivity index (χ1) is 14.4. The zero-order valence-electron chi connectivity index (χ0n) is 16.2. The number of rotatable bonds is 5. The van der Waals surface area contributed by atoms with Gasteiger partial charge in [0.1, 0.15) is 6.26 Å². The Hall–Kier alpha value is -2.98. The Morgan fingerprint density at radius 2 is 2.17 bits per heavy atom. The van der Waals surface area contributed by atoms with Crippen LogP contribution < -0.4 is 21.3 Å². The molecule has 2 saturated heterocycles. The van der Waals surface area contributed by atoms with E-state index < -0.39 is 12.0 Å². The summed E-state index contributed by atoms with van der Waals surface area (Å²) in [6.07, 6.45) is 1.11. The third kappa shape index (κ3) is 4.29. The Kier molecular flexibility index (Phi) is 5.69. The van der Waals surface area contributed by atoms with Crippen LogP contribution in [-0.2, 0) is 0 Å². The van der Waals surface area contributed by atoms with Crippen LogP contribution in [0.2, 0.25) is 5.02 Å². The van der Waals surface area contributed by atoms with E-state index in [-0.39, 0.29) is 17.8 Å². The number of nitrogens with zero attached hydrogens (tertiary/aromatic N) is 3. The number of anilines is 3. The van der Waals surface area contributed by atoms with Crippen molar-refractivity contribution in [2.75, 3.05) is 48.7 Å². The van der Waals surface area contributed by atoms with Gasteiger partial charge in [0.15, 0.2) is 5.69 Å². The predicted molar refractivity (Wildman–Crippen MR) is 112 cm³/mol. The van der Waals surface area contributed by atoms with E-state index in [2.05, 4.69) is 20.5 Å². The Morgan fingerprint density at radius 3 is 2.80 bits per heavy atom. The van der Waals surface area contributed by atoms with Gasteiger partial charge in [0.2, 0.25) is 0 Å². The van der Waals surface area contributed by atoms with E-state index in [1.165, 1.54) is 11.2 Å². The second-order valence-electron chi connectivity index (χ2n) is 7.53. The number of nitrogen functional groups attached to an aromatic ring is 1. The molecule has 2 aromatic rings. The van der Waals surface area contributed by atoms with Crippen LogP contribution in [0, 0.1) is 5.92 Å². The fourth-order valence-corrected chi connectivity index (χ4v) is 3.99. The lowest BCUT2D eigenvalue weighted by molar-refractivity contribution is 0.101. The van der Waals surface area contributed by atoms with Gasteiger partial charge in [0.25, 0.3) is 11.9 Å². The van der Waals surface area contributed by atoms with E-state index >= 15 is 0 Å². The average molecular weight is 435 g/mol. The molecule has 4 rings (SSSR count). The van der Waals surface area contributed by atoms with E-state index in [9.17, 15) is 14.7 Å². The lowest BCUT2D eigenvalue weighted by Gasteiger charge is -2.43. The molecule has 11 heteroatoms. The summed E-state index contributed by atoms with van der Waals surface area (Å²) in [5, 5.41) is 15.9. The Bertz CT molecular complexity index is 947. The molecular weight excluding hydrogens is 412 g/mol. The zero-order valence-corrected chi connectivity index (χ0v) is 16.9. The number of nitrogens with two attached hydrogens (primary N) is 1. The van der Waals surface area contributed by atoms with Crippen LogP contribution in [0.15, 0.2) is 28.9 Å². The van der Waals surface area contributed by atoms with E-state index in [1.807, 2.05) is 6.07 Å². The molecule has 2 fully saturated rings. The number of hydrogen-bond acceptors (Lipinski definition) is 7. The highest BCUT2D eigenvalue weighted by Gasteiger charge is 2.33. The van der Waals surface area contributed by atoms with Gasteiger partial charge in [0, 0.05) is 25.3 Å². The number of halogens is 1. The van der Waals surface area contributed by atoms with E-state index in [0.29, 0.717) is 36.3 Å². The van der Waals surface area contributed by atoms with Gasteiger partial charge in [-0.25, -0.2) is 4.79 Å². The molecular formula is C19H23ClN6O4. The van der Waals surface area contributed by atoms with Gasteiger partial charge < -0.3 is 35.7 Å². The van der Waals surface area contributed by atoms with Crippen LogP contribution in [0.4, 0.5) is 22.2 Å². The maximum absolute atomic E-state index is 12.4. The van der Waals surface area contributed by atoms with Crippen LogP contribution in [0.3, 0.4) is 0 Å². The van der Waals surface area contributed by atoms with Crippen LogP contribution in [0.1, 0.15) is 16.9 Å². The molecule has 2 amide bonds. The van der Waals surface area contributed by atoms with Gasteiger partial charge in [-0.15, -0.1) is 0 Å². The standard InChI is InChI=1S/C19H23ClN6O4/c20-14-2-1-12(6-15(14)23-17(27)16-10-30-18(21)24-16)25-3-4-26(19(28)29)13(9-25)5-11-7-22-8-11/h1-2,6,10-11,13,22H,3-5,7-9H2,(H2,21,24)(H,23,27)(H,28,29). The minimum atomic E-state index is -0.886. The lowest BCUT2D eigenvalue weighted by atomic mass is 9.92. The first kappa shape index (κ1) is 20.3. The Labute approximate surface area is 178 Å². The summed E-state index contributed by atoms with van der Waals surface area (Å²) in [5.74, 6) is 0.00678. The number of piperazine rings is 1. The summed E-state index contributed by atoms with van der Waals surface area (Å²) in [7, 11) is 0. The number of benzene rings is 1. The molecule has 0 spiro atoms. The van der Waals surface area contributed by atoms with Crippen molar-refractivity contribution < 1.29 is 19.1 Å². The van der Waals surface area contributed by atoms with Gasteiger partial charge in [-0.05, 0) is 43.6 Å². The largest absolute Gasteiger partial charge is 0.465 e. The normalized spacial score (nSPS) is 19.4. The third-order valence-corrected chi connectivity index (χ3v) is 5.85. The first-order valence-corrected chi connectivity index (χ1v) is 10.1. The molecule has 1 aromatic carbocycles. The molecule has 0 saturated carbocycles. The molecule has 1 aromatic heterocycles. The monoisotopic (exact) mass is 434 g/mol. The molecule has 0 bridgehead atoms. The maximum atomic E-state index is 12.4. The van der Waals surface area contributed by atoms with Gasteiger partial charge in [0.05, 0.1) is 16.8 Å². The third-order valence-electron chi connectivity index (χ3n) is 5.52. The summed E-state index contributed by atoms with van der Waals surface area (Å²) in [6.45, 7) is 3.40. The summed E-state index contributed by atoms with van der Waals surface area (Å²) in [4.78, 5) is 31.5. The van der Waals surface area contributed by atoms with Crippen molar-refractivity contribution in [3.63, 3.8) is 0 Å². The molecule has 0 radical (unpaired) electrons. The molecule has 2 aliphatic heterocycles. The van der Waals surface area contributed by atoms with E-state index in [4.69, 9.17) is 21.8 Å². The van der Waals surface area contributed by atoms with E-state index in [0.717, 1.165) is 25.2 Å². The molecule has 160 valence electrons. The number of hydrogen-bond donors (Lipinski definition) is 4. The van der Waals surface area contributed by atoms with Crippen molar-refractivity contribution >= 4 is 41.0 Å². The highest BCUT2D eigenvalue weighted by Crippen LogP contribution is 2.30. The predicted octanol–water partition coefficient (Wildman–Crippen LogP) is 1.94. The fraction of sp³-hybridized carbons (Fsp3) is 0.421. The molecule has 1 atom stereocenters. The van der Waals surface area contributed by atoms with Crippen LogP contribution in [0.25, 0.3) is 0 Å². The number of nitrogens with one attached hydrogen (secondary N) is 2. The lowest BCUT2D eigenvalue weighted by Crippen LogP contribution is -2.57. The Balaban J connectivity index is 1.49. The number of carbonyl (C=O) groups is 2. The van der Waals surface area contributed by atoms with Crippen molar-refractivity contribution in [1.29, 1.82) is 0 Å². The van der Waals surface area contributed by atoms with Gasteiger partial charge in [-0.2, -0.15) is 4.98 Å². The minimum absolute atomic E-state index is 0.0539. The quantitative estimate of drug-likeness (QED) is 0.560.